The van der Waals surface area contributed by atoms with Crippen molar-refractivity contribution < 1.29 is 9.53 Å². The highest BCUT2D eigenvalue weighted by Gasteiger charge is 2.31. The molecular weight excluding hydrogens is 188 g/mol. The summed E-state index contributed by atoms with van der Waals surface area (Å²) in [6.07, 6.45) is -0.189. The maximum atomic E-state index is 11.7. The van der Waals surface area contributed by atoms with Crippen molar-refractivity contribution in [3.63, 3.8) is 0 Å². The lowest BCUT2D eigenvalue weighted by atomic mass is 10.0. The zero-order chi connectivity index (χ0) is 10.3. The molecule has 1 fully saturated rings. The summed E-state index contributed by atoms with van der Waals surface area (Å²) < 4.78 is 4.99. The van der Waals surface area contributed by atoms with E-state index in [1.54, 1.807) is 0 Å². The Morgan fingerprint density at radius 1 is 1.13 bits per heavy atom. The molecular formula is C13H10O2. The number of fused-ring (bicyclic) bond motifs is 1. The van der Waals surface area contributed by atoms with E-state index in [-0.39, 0.29) is 11.9 Å². The van der Waals surface area contributed by atoms with Crippen LogP contribution in [0.5, 0.6) is 0 Å². The molecule has 3 rings (SSSR count). The summed E-state index contributed by atoms with van der Waals surface area (Å²) in [6, 6.07) is 13.8. The van der Waals surface area contributed by atoms with Crippen LogP contribution in [0.25, 0.3) is 10.8 Å². The molecule has 2 heteroatoms. The van der Waals surface area contributed by atoms with Crippen molar-refractivity contribution in [3.8, 4) is 0 Å². The van der Waals surface area contributed by atoms with Crippen molar-refractivity contribution in [2.75, 3.05) is 6.61 Å². The summed E-state index contributed by atoms with van der Waals surface area (Å²) in [7, 11) is 0. The number of epoxide rings is 1. The summed E-state index contributed by atoms with van der Waals surface area (Å²) in [4.78, 5) is 11.7. The van der Waals surface area contributed by atoms with Crippen LogP contribution in [-0.4, -0.2) is 18.5 Å². The third kappa shape index (κ3) is 1.53. The normalized spacial score (nSPS) is 19.1. The van der Waals surface area contributed by atoms with Gasteiger partial charge in [0.2, 0.25) is 0 Å². The molecule has 0 bridgehead atoms. The molecule has 2 aromatic rings. The molecule has 1 saturated heterocycles. The Morgan fingerprint density at radius 2 is 1.87 bits per heavy atom. The molecule has 0 spiro atoms. The minimum Gasteiger partial charge on any atom is -0.364 e. The molecule has 0 radical (unpaired) electrons. The van der Waals surface area contributed by atoms with Gasteiger partial charge in [0, 0.05) is 5.56 Å². The number of carbonyl (C=O) groups is 1. The Kier molecular flexibility index (Phi) is 1.82. The predicted molar refractivity (Wildman–Crippen MR) is 58.0 cm³/mol. The summed E-state index contributed by atoms with van der Waals surface area (Å²) in [5, 5.41) is 2.26. The molecule has 1 atom stereocenters. The average molecular weight is 198 g/mol. The second-order valence-corrected chi connectivity index (χ2v) is 3.75. The fraction of sp³-hybridized carbons (Fsp3) is 0.154. The Morgan fingerprint density at radius 3 is 2.60 bits per heavy atom. The Balaban J connectivity index is 2.09. The first kappa shape index (κ1) is 8.62. The number of rotatable bonds is 2. The molecule has 74 valence electrons. The molecule has 1 heterocycles. The lowest BCUT2D eigenvalue weighted by Crippen LogP contribution is -2.06. The van der Waals surface area contributed by atoms with Crippen molar-refractivity contribution in [3.05, 3.63) is 48.0 Å². The topological polar surface area (TPSA) is 29.6 Å². The molecule has 0 aromatic heterocycles. The van der Waals surface area contributed by atoms with Gasteiger partial charge in [-0.25, -0.2) is 0 Å². The van der Waals surface area contributed by atoms with Crippen LogP contribution >= 0.6 is 0 Å². The monoisotopic (exact) mass is 198 g/mol. The minimum absolute atomic E-state index is 0.0979. The number of Topliss-reactive ketones (excluding diaryl/α,β-unsaturated/α-hetero) is 1. The van der Waals surface area contributed by atoms with Gasteiger partial charge in [0.25, 0.3) is 0 Å². The minimum atomic E-state index is -0.189. The van der Waals surface area contributed by atoms with Crippen molar-refractivity contribution in [1.82, 2.24) is 0 Å². The molecule has 0 N–H and O–H groups in total. The fourth-order valence-electron chi connectivity index (χ4n) is 1.73. The van der Waals surface area contributed by atoms with Gasteiger partial charge in [-0.05, 0) is 16.8 Å². The van der Waals surface area contributed by atoms with E-state index < -0.39 is 0 Å². The first-order valence-corrected chi connectivity index (χ1v) is 4.99. The molecule has 0 aliphatic carbocycles. The molecule has 2 aromatic carbocycles. The van der Waals surface area contributed by atoms with Gasteiger partial charge in [0.05, 0.1) is 6.61 Å². The zero-order valence-corrected chi connectivity index (χ0v) is 8.14. The molecule has 1 aliphatic heterocycles. The number of carbonyl (C=O) groups excluding carboxylic acids is 1. The van der Waals surface area contributed by atoms with Crippen LogP contribution in [0.4, 0.5) is 0 Å². The van der Waals surface area contributed by atoms with Gasteiger partial charge in [-0.3, -0.25) is 4.79 Å². The molecule has 1 aliphatic rings. The first-order chi connectivity index (χ1) is 7.34. The van der Waals surface area contributed by atoms with E-state index in [0.29, 0.717) is 6.61 Å². The Bertz CT molecular complexity index is 527. The first-order valence-electron chi connectivity index (χ1n) is 4.99. The van der Waals surface area contributed by atoms with E-state index in [0.717, 1.165) is 16.3 Å². The van der Waals surface area contributed by atoms with E-state index in [9.17, 15) is 4.79 Å². The largest absolute Gasteiger partial charge is 0.364 e. The lowest BCUT2D eigenvalue weighted by molar-refractivity contribution is 0.0954. The molecule has 0 amide bonds. The Labute approximate surface area is 87.5 Å². The van der Waals surface area contributed by atoms with E-state index in [4.69, 9.17) is 4.74 Å². The van der Waals surface area contributed by atoms with E-state index in [2.05, 4.69) is 0 Å². The van der Waals surface area contributed by atoms with Crippen molar-refractivity contribution in [2.24, 2.45) is 0 Å². The molecule has 15 heavy (non-hydrogen) atoms. The maximum Gasteiger partial charge on any atom is 0.193 e. The van der Waals surface area contributed by atoms with Crippen LogP contribution in [0.3, 0.4) is 0 Å². The quantitative estimate of drug-likeness (QED) is 0.548. The predicted octanol–water partition coefficient (Wildman–Crippen LogP) is 2.42. The van der Waals surface area contributed by atoms with Gasteiger partial charge in [-0.15, -0.1) is 0 Å². The highest BCUT2D eigenvalue weighted by atomic mass is 16.6. The van der Waals surface area contributed by atoms with E-state index >= 15 is 0 Å². The van der Waals surface area contributed by atoms with Crippen LogP contribution in [0.2, 0.25) is 0 Å². The van der Waals surface area contributed by atoms with Gasteiger partial charge in [0.15, 0.2) is 5.78 Å². The highest BCUT2D eigenvalue weighted by Crippen LogP contribution is 2.20. The summed E-state index contributed by atoms with van der Waals surface area (Å²) in [6.45, 7) is 0.575. The van der Waals surface area contributed by atoms with Gasteiger partial charge in [-0.2, -0.15) is 0 Å². The van der Waals surface area contributed by atoms with Gasteiger partial charge in [0.1, 0.15) is 6.10 Å². The van der Waals surface area contributed by atoms with Crippen LogP contribution in [0.15, 0.2) is 42.5 Å². The fourth-order valence-corrected chi connectivity index (χ4v) is 1.73. The van der Waals surface area contributed by atoms with Gasteiger partial charge < -0.3 is 4.74 Å². The third-order valence-corrected chi connectivity index (χ3v) is 2.66. The van der Waals surface area contributed by atoms with E-state index in [1.165, 1.54) is 0 Å². The van der Waals surface area contributed by atoms with Crippen LogP contribution in [-0.2, 0) is 4.74 Å². The van der Waals surface area contributed by atoms with Crippen molar-refractivity contribution in [1.29, 1.82) is 0 Å². The summed E-state index contributed by atoms with van der Waals surface area (Å²) >= 11 is 0. The summed E-state index contributed by atoms with van der Waals surface area (Å²) in [5.41, 5.74) is 0.746. The average Bonchev–Trinajstić information content (AvgIpc) is 3.11. The lowest BCUT2D eigenvalue weighted by Gasteiger charge is -2.00. The Hall–Kier alpha value is -1.67. The van der Waals surface area contributed by atoms with Crippen LogP contribution < -0.4 is 0 Å². The molecule has 2 nitrogen and oxygen atoms in total. The number of ether oxygens (including phenoxy) is 1. The SMILES string of the molecule is O=C(c1ccc2ccccc2c1)C1CO1. The standard InChI is InChI=1S/C13H10O2/c14-13(12-8-15-12)11-6-5-9-3-1-2-4-10(9)7-11/h1-7,12H,8H2. The molecule has 1 unspecified atom stereocenters. The van der Waals surface area contributed by atoms with Gasteiger partial charge in [-0.1, -0.05) is 36.4 Å². The molecule has 0 saturated carbocycles. The number of hydrogen-bond donors (Lipinski definition) is 0. The van der Waals surface area contributed by atoms with Crippen molar-refractivity contribution >= 4 is 16.6 Å². The highest BCUT2D eigenvalue weighted by molar-refractivity contribution is 6.03. The van der Waals surface area contributed by atoms with E-state index in [1.807, 2.05) is 42.5 Å². The number of hydrogen-bond acceptors (Lipinski definition) is 2. The second kappa shape index (κ2) is 3.17. The second-order valence-electron chi connectivity index (χ2n) is 3.75. The van der Waals surface area contributed by atoms with Gasteiger partial charge >= 0.3 is 0 Å². The smallest absolute Gasteiger partial charge is 0.193 e. The number of benzene rings is 2. The maximum absolute atomic E-state index is 11.7. The third-order valence-electron chi connectivity index (χ3n) is 2.66. The van der Waals surface area contributed by atoms with Crippen LogP contribution in [0, 0.1) is 0 Å². The summed E-state index contributed by atoms with van der Waals surface area (Å²) in [5.74, 6) is 0.0979. The van der Waals surface area contributed by atoms with Crippen LogP contribution in [0.1, 0.15) is 10.4 Å². The van der Waals surface area contributed by atoms with Crippen molar-refractivity contribution in [2.45, 2.75) is 6.10 Å². The number of ketones is 1. The zero-order valence-electron chi connectivity index (χ0n) is 8.14.